The van der Waals surface area contributed by atoms with E-state index in [-0.39, 0.29) is 5.91 Å². The number of methoxy groups -OCH3 is 1. The molecule has 8 heteroatoms. The summed E-state index contributed by atoms with van der Waals surface area (Å²) in [5, 5.41) is 6.27. The van der Waals surface area contributed by atoms with E-state index in [2.05, 4.69) is 50.5 Å². The summed E-state index contributed by atoms with van der Waals surface area (Å²) in [7, 11) is 1.60. The highest BCUT2D eigenvalue weighted by molar-refractivity contribution is 9.10. The maximum Gasteiger partial charge on any atom is 0.264 e. The van der Waals surface area contributed by atoms with Crippen LogP contribution in [0.3, 0.4) is 0 Å². The fourth-order valence-corrected chi connectivity index (χ4v) is 5.39. The van der Waals surface area contributed by atoms with E-state index in [9.17, 15) is 4.79 Å². The molecule has 0 unspecified atom stereocenters. The molecule has 5 nitrogen and oxygen atoms in total. The third-order valence-corrected chi connectivity index (χ3v) is 7.95. The number of aliphatic imine (C=N–C) groups is 1. The molecule has 37 heavy (non-hydrogen) atoms. The lowest BCUT2D eigenvalue weighted by atomic mass is 10.1. The summed E-state index contributed by atoms with van der Waals surface area (Å²) < 4.78 is 12.6. The molecule has 0 aromatic heterocycles. The van der Waals surface area contributed by atoms with Crippen molar-refractivity contribution in [2.75, 3.05) is 7.11 Å². The number of amides is 1. The van der Waals surface area contributed by atoms with E-state index in [0.29, 0.717) is 38.9 Å². The van der Waals surface area contributed by atoms with Gasteiger partial charge in [0.2, 0.25) is 0 Å². The first-order chi connectivity index (χ1) is 17.9. The van der Waals surface area contributed by atoms with Gasteiger partial charge in [0, 0.05) is 9.50 Å². The Balaban J connectivity index is 1.38. The molecule has 1 heterocycles. The normalized spacial score (nSPS) is 15.4. The third-order valence-electron chi connectivity index (χ3n) is 5.94. The number of carbonyl (C=O) groups is 1. The molecule has 186 valence electrons. The second-order valence-electron chi connectivity index (χ2n) is 8.32. The number of rotatable bonds is 6. The molecule has 1 aliphatic rings. The number of nitrogens with zero attached hydrogens (tertiary/aromatic N) is 1. The van der Waals surface area contributed by atoms with Crippen molar-refractivity contribution < 1.29 is 14.3 Å². The zero-order valence-corrected chi connectivity index (χ0v) is 23.2. The summed E-state index contributed by atoms with van der Waals surface area (Å²) in [4.78, 5) is 17.7. The first kappa shape index (κ1) is 25.4. The molecular weight excluding hydrogens is 572 g/mol. The van der Waals surface area contributed by atoms with Crippen LogP contribution in [0, 0.1) is 6.92 Å². The minimum atomic E-state index is -0.217. The fraction of sp³-hybridized carbons (Fsp3) is 0.103. The van der Waals surface area contributed by atoms with Crippen molar-refractivity contribution in [1.29, 1.82) is 0 Å². The average Bonchev–Trinajstić information content (AvgIpc) is 3.25. The monoisotopic (exact) mass is 592 g/mol. The van der Waals surface area contributed by atoms with Gasteiger partial charge in [0.25, 0.3) is 5.91 Å². The number of thioether (sulfide) groups is 1. The molecule has 0 spiro atoms. The van der Waals surface area contributed by atoms with Crippen LogP contribution < -0.4 is 14.8 Å². The van der Waals surface area contributed by atoms with Crippen molar-refractivity contribution in [3.8, 4) is 11.5 Å². The molecule has 0 radical (unpaired) electrons. The molecule has 0 aliphatic carbocycles. The van der Waals surface area contributed by atoms with Gasteiger partial charge in [0.1, 0.15) is 6.61 Å². The Labute approximate surface area is 232 Å². The molecule has 1 amide bonds. The Bertz CT molecular complexity index is 1580. The Morgan fingerprint density at radius 3 is 2.68 bits per heavy atom. The minimum absolute atomic E-state index is 0.217. The summed E-state index contributed by atoms with van der Waals surface area (Å²) in [5.74, 6) is 0.958. The van der Waals surface area contributed by atoms with Gasteiger partial charge < -0.3 is 14.8 Å². The van der Waals surface area contributed by atoms with Gasteiger partial charge in [-0.05, 0) is 76.5 Å². The molecule has 0 bridgehead atoms. The smallest absolute Gasteiger partial charge is 0.264 e. The number of ether oxygens (including phenoxy) is 2. The molecule has 1 N–H and O–H groups in total. The number of amidine groups is 1. The summed E-state index contributed by atoms with van der Waals surface area (Å²) in [6, 6.07) is 23.6. The van der Waals surface area contributed by atoms with Gasteiger partial charge in [0.15, 0.2) is 16.7 Å². The fourth-order valence-electron chi connectivity index (χ4n) is 3.96. The van der Waals surface area contributed by atoms with Crippen LogP contribution in [0.25, 0.3) is 16.8 Å². The number of halogens is 2. The first-order valence-electron chi connectivity index (χ1n) is 11.4. The molecule has 1 fully saturated rings. The number of nitrogens with one attached hydrogen (secondary N) is 1. The SMILES string of the molecule is COc1cc(/C=C2/SC(=Nc3cccc(Cl)c3C)NC2=O)c(Br)cc1OCc1cccc2ccccc12. The second kappa shape index (κ2) is 11.0. The van der Waals surface area contributed by atoms with Crippen molar-refractivity contribution in [2.24, 2.45) is 4.99 Å². The quantitative estimate of drug-likeness (QED) is 0.230. The van der Waals surface area contributed by atoms with Crippen LogP contribution >= 0.6 is 39.3 Å². The van der Waals surface area contributed by atoms with Gasteiger partial charge in [-0.15, -0.1) is 0 Å². The lowest BCUT2D eigenvalue weighted by molar-refractivity contribution is -0.115. The van der Waals surface area contributed by atoms with Crippen LogP contribution in [0.5, 0.6) is 11.5 Å². The summed E-state index contributed by atoms with van der Waals surface area (Å²) in [6.07, 6.45) is 1.80. The number of hydrogen-bond donors (Lipinski definition) is 1. The van der Waals surface area contributed by atoms with Gasteiger partial charge in [0.05, 0.1) is 17.7 Å². The molecule has 0 saturated carbocycles. The third kappa shape index (κ3) is 5.54. The van der Waals surface area contributed by atoms with Crippen LogP contribution in [0.1, 0.15) is 16.7 Å². The van der Waals surface area contributed by atoms with Crippen molar-refractivity contribution in [3.63, 3.8) is 0 Å². The van der Waals surface area contributed by atoms with E-state index < -0.39 is 0 Å². The Morgan fingerprint density at radius 1 is 1.05 bits per heavy atom. The maximum atomic E-state index is 12.7. The lowest BCUT2D eigenvalue weighted by Crippen LogP contribution is -2.19. The standard InChI is InChI=1S/C29H22BrClN2O3S/c1-17-23(31)11-6-12-24(17)32-29-33-28(34)27(37-29)14-20-13-25(35-2)26(15-22(20)30)36-16-19-9-5-8-18-7-3-4-10-21(18)19/h3-15H,16H2,1-2H3,(H,32,33,34)/b27-14+. The molecule has 1 aliphatic heterocycles. The molecule has 1 saturated heterocycles. The van der Waals surface area contributed by atoms with Crippen molar-refractivity contribution in [2.45, 2.75) is 13.5 Å². The highest BCUT2D eigenvalue weighted by Gasteiger charge is 2.25. The van der Waals surface area contributed by atoms with Gasteiger partial charge in [-0.1, -0.05) is 76.1 Å². The van der Waals surface area contributed by atoms with Gasteiger partial charge >= 0.3 is 0 Å². The zero-order chi connectivity index (χ0) is 25.9. The second-order valence-corrected chi connectivity index (χ2v) is 10.6. The Kier molecular flexibility index (Phi) is 7.55. The summed E-state index contributed by atoms with van der Waals surface area (Å²) in [5.41, 5.74) is 3.44. The van der Waals surface area contributed by atoms with Crippen LogP contribution in [0.2, 0.25) is 5.02 Å². The van der Waals surface area contributed by atoms with E-state index in [1.54, 1.807) is 13.2 Å². The number of fused-ring (bicyclic) bond motifs is 1. The van der Waals surface area contributed by atoms with Gasteiger partial charge in [-0.25, -0.2) is 4.99 Å². The molecule has 5 rings (SSSR count). The van der Waals surface area contributed by atoms with E-state index in [1.165, 1.54) is 17.1 Å². The predicted octanol–water partition coefficient (Wildman–Crippen LogP) is 8.04. The van der Waals surface area contributed by atoms with Crippen LogP contribution in [-0.2, 0) is 11.4 Å². The Hall–Kier alpha value is -3.26. The molecule has 4 aromatic rings. The first-order valence-corrected chi connectivity index (χ1v) is 13.4. The van der Waals surface area contributed by atoms with Gasteiger partial charge in [-0.2, -0.15) is 0 Å². The summed E-state index contributed by atoms with van der Waals surface area (Å²) in [6.45, 7) is 2.29. The van der Waals surface area contributed by atoms with Crippen molar-refractivity contribution in [1.82, 2.24) is 5.32 Å². The predicted molar refractivity (Wildman–Crippen MR) is 156 cm³/mol. The van der Waals surface area contributed by atoms with Crippen molar-refractivity contribution in [3.05, 3.63) is 104 Å². The molecular formula is C29H22BrClN2O3S. The van der Waals surface area contributed by atoms with E-state index in [0.717, 1.165) is 26.5 Å². The van der Waals surface area contributed by atoms with E-state index >= 15 is 0 Å². The maximum absolute atomic E-state index is 12.7. The Morgan fingerprint density at radius 2 is 1.84 bits per heavy atom. The van der Waals surface area contributed by atoms with Crippen molar-refractivity contribution >= 4 is 72.9 Å². The lowest BCUT2D eigenvalue weighted by Gasteiger charge is -2.14. The molecule has 4 aromatic carbocycles. The largest absolute Gasteiger partial charge is 0.493 e. The van der Waals surface area contributed by atoms with E-state index in [1.807, 2.05) is 55.5 Å². The van der Waals surface area contributed by atoms with Crippen LogP contribution in [0.4, 0.5) is 5.69 Å². The highest BCUT2D eigenvalue weighted by Crippen LogP contribution is 2.37. The van der Waals surface area contributed by atoms with Crippen LogP contribution in [-0.4, -0.2) is 18.2 Å². The van der Waals surface area contributed by atoms with Crippen LogP contribution in [0.15, 0.2) is 87.2 Å². The zero-order valence-electron chi connectivity index (χ0n) is 20.0. The number of benzene rings is 4. The van der Waals surface area contributed by atoms with E-state index in [4.69, 9.17) is 21.1 Å². The number of carbonyl (C=O) groups excluding carboxylic acids is 1. The summed E-state index contributed by atoms with van der Waals surface area (Å²) >= 11 is 11.1. The topological polar surface area (TPSA) is 59.9 Å². The van der Waals surface area contributed by atoms with Gasteiger partial charge in [-0.3, -0.25) is 4.79 Å². The minimum Gasteiger partial charge on any atom is -0.493 e. The molecule has 0 atom stereocenters. The highest BCUT2D eigenvalue weighted by atomic mass is 79.9. The number of hydrogen-bond acceptors (Lipinski definition) is 5. The average molecular weight is 594 g/mol.